The molecule has 0 radical (unpaired) electrons. The summed E-state index contributed by atoms with van der Waals surface area (Å²) in [7, 11) is 0. The molecule has 1 aliphatic heterocycles. The molecule has 4 atom stereocenters. The third-order valence-electron chi connectivity index (χ3n) is 5.84. The third-order valence-corrected chi connectivity index (χ3v) is 5.84. The second-order valence-electron chi connectivity index (χ2n) is 8.09. The number of unbranched alkanes of at least 4 members (excludes halogenated alkanes) is 2. The highest BCUT2D eigenvalue weighted by molar-refractivity contribution is 5.64. The second kappa shape index (κ2) is 11.7. The Hall–Kier alpha value is -1.87. The zero-order valence-electron chi connectivity index (χ0n) is 17.6. The van der Waals surface area contributed by atoms with Crippen LogP contribution >= 0.6 is 0 Å². The number of likely N-dealkylation sites (tertiary alicyclic amines) is 1. The maximum absolute atomic E-state index is 14.4. The minimum atomic E-state index is -1.23. The van der Waals surface area contributed by atoms with E-state index >= 15 is 0 Å². The van der Waals surface area contributed by atoms with E-state index in [1.807, 2.05) is 41.3 Å². The second-order valence-corrected chi connectivity index (χ2v) is 8.09. The van der Waals surface area contributed by atoms with Gasteiger partial charge in [-0.25, -0.2) is 4.39 Å². The van der Waals surface area contributed by atoms with Crippen LogP contribution in [-0.2, 0) is 11.3 Å². The van der Waals surface area contributed by atoms with Gasteiger partial charge in [-0.15, -0.1) is 0 Å². The van der Waals surface area contributed by atoms with E-state index < -0.39 is 24.4 Å². The number of hydrogen-bond acceptors (Lipinski definition) is 6. The summed E-state index contributed by atoms with van der Waals surface area (Å²) in [6.45, 7) is 1.47. The average Bonchev–Trinajstić information content (AvgIpc) is 2.77. The van der Waals surface area contributed by atoms with Gasteiger partial charge in [-0.05, 0) is 43.0 Å². The van der Waals surface area contributed by atoms with Gasteiger partial charge in [0.05, 0.1) is 25.4 Å². The molecule has 1 saturated heterocycles. The lowest BCUT2D eigenvalue weighted by molar-refractivity contribution is -0.145. The zero-order chi connectivity index (χ0) is 22.2. The molecule has 1 fully saturated rings. The predicted octanol–water partition coefficient (Wildman–Crippen LogP) is 1.94. The minimum Gasteiger partial charge on any atom is -0.395 e. The molecule has 0 aliphatic carbocycles. The van der Waals surface area contributed by atoms with Crippen molar-refractivity contribution in [3.05, 3.63) is 59.9 Å². The normalized spacial score (nSPS) is 24.4. The molecule has 0 amide bonds. The molecule has 1 heterocycles. The van der Waals surface area contributed by atoms with E-state index in [-0.39, 0.29) is 19.0 Å². The molecule has 2 aromatic carbocycles. The summed E-state index contributed by atoms with van der Waals surface area (Å²) in [5, 5.41) is 39.1. The van der Waals surface area contributed by atoms with Gasteiger partial charge in [0.1, 0.15) is 18.0 Å². The van der Waals surface area contributed by atoms with E-state index in [1.165, 1.54) is 6.07 Å². The molecular formula is C24H32FNO5. The van der Waals surface area contributed by atoms with Crippen LogP contribution in [0.2, 0.25) is 0 Å². The number of piperidine rings is 1. The van der Waals surface area contributed by atoms with Gasteiger partial charge in [-0.1, -0.05) is 42.5 Å². The number of halogens is 1. The number of rotatable bonds is 10. The van der Waals surface area contributed by atoms with Crippen molar-refractivity contribution in [1.82, 2.24) is 4.90 Å². The monoisotopic (exact) mass is 433 g/mol. The molecule has 2 aromatic rings. The Labute approximate surface area is 182 Å². The molecular weight excluding hydrogens is 401 g/mol. The van der Waals surface area contributed by atoms with Crippen molar-refractivity contribution < 1.29 is 29.6 Å². The molecule has 6 nitrogen and oxygen atoms in total. The van der Waals surface area contributed by atoms with Crippen molar-refractivity contribution in [1.29, 1.82) is 0 Å². The molecule has 0 spiro atoms. The Morgan fingerprint density at radius 1 is 0.968 bits per heavy atom. The van der Waals surface area contributed by atoms with E-state index in [1.54, 1.807) is 6.07 Å². The molecule has 7 heteroatoms. The van der Waals surface area contributed by atoms with Crippen molar-refractivity contribution in [2.45, 2.75) is 50.2 Å². The van der Waals surface area contributed by atoms with Crippen LogP contribution in [0.15, 0.2) is 48.5 Å². The van der Waals surface area contributed by atoms with Crippen LogP contribution in [0, 0.1) is 5.82 Å². The van der Waals surface area contributed by atoms with Crippen LogP contribution in [0.1, 0.15) is 24.8 Å². The quantitative estimate of drug-likeness (QED) is 0.428. The lowest BCUT2D eigenvalue weighted by atomic mass is 9.94. The van der Waals surface area contributed by atoms with Crippen LogP contribution in [0.25, 0.3) is 11.1 Å². The Balaban J connectivity index is 1.35. The highest BCUT2D eigenvalue weighted by Gasteiger charge is 2.40. The fourth-order valence-corrected chi connectivity index (χ4v) is 4.02. The first-order chi connectivity index (χ1) is 15.0. The zero-order valence-corrected chi connectivity index (χ0v) is 17.6. The van der Waals surface area contributed by atoms with E-state index in [9.17, 15) is 24.8 Å². The van der Waals surface area contributed by atoms with Gasteiger partial charge in [-0.3, -0.25) is 4.90 Å². The van der Waals surface area contributed by atoms with Crippen molar-refractivity contribution >= 4 is 0 Å². The summed E-state index contributed by atoms with van der Waals surface area (Å²) >= 11 is 0. The Morgan fingerprint density at radius 2 is 1.74 bits per heavy atom. The topological polar surface area (TPSA) is 93.4 Å². The van der Waals surface area contributed by atoms with Gasteiger partial charge in [-0.2, -0.15) is 0 Å². The SMILES string of the molecule is OC[C@H]1[C@@H](O)C(O)[C@@H](O)CN1CCCCCOCc1ccc(-c2ccccc2)c(F)c1. The van der Waals surface area contributed by atoms with E-state index in [0.717, 1.165) is 30.4 Å². The van der Waals surface area contributed by atoms with E-state index in [2.05, 4.69) is 0 Å². The van der Waals surface area contributed by atoms with Gasteiger partial charge in [0.15, 0.2) is 0 Å². The van der Waals surface area contributed by atoms with Gasteiger partial charge in [0, 0.05) is 18.7 Å². The van der Waals surface area contributed by atoms with Crippen LogP contribution < -0.4 is 0 Å². The summed E-state index contributed by atoms with van der Waals surface area (Å²) < 4.78 is 20.1. The first-order valence-corrected chi connectivity index (χ1v) is 10.8. The Bertz CT molecular complexity index is 806. The van der Waals surface area contributed by atoms with Gasteiger partial charge >= 0.3 is 0 Å². The first-order valence-electron chi connectivity index (χ1n) is 10.8. The lowest BCUT2D eigenvalue weighted by Crippen LogP contribution is -2.62. The molecule has 1 aliphatic rings. The first kappa shape index (κ1) is 23.8. The van der Waals surface area contributed by atoms with Gasteiger partial charge in [0.2, 0.25) is 0 Å². The molecule has 31 heavy (non-hydrogen) atoms. The molecule has 4 N–H and O–H groups in total. The maximum Gasteiger partial charge on any atom is 0.131 e. The number of hydrogen-bond donors (Lipinski definition) is 4. The molecule has 0 saturated carbocycles. The molecule has 1 unspecified atom stereocenters. The third kappa shape index (κ3) is 6.32. The van der Waals surface area contributed by atoms with Gasteiger partial charge < -0.3 is 25.2 Å². The fourth-order valence-electron chi connectivity index (χ4n) is 4.02. The summed E-state index contributed by atoms with van der Waals surface area (Å²) in [4.78, 5) is 1.82. The van der Waals surface area contributed by atoms with Crippen molar-refractivity contribution in [3.63, 3.8) is 0 Å². The predicted molar refractivity (Wildman–Crippen MR) is 116 cm³/mol. The molecule has 170 valence electrons. The van der Waals surface area contributed by atoms with Crippen LogP contribution in [0.3, 0.4) is 0 Å². The van der Waals surface area contributed by atoms with E-state index in [4.69, 9.17) is 4.74 Å². The highest BCUT2D eigenvalue weighted by atomic mass is 19.1. The smallest absolute Gasteiger partial charge is 0.131 e. The standard InChI is InChI=1S/C24H32FNO5/c25-20-13-17(9-10-19(20)18-7-3-1-4-8-18)16-31-12-6-2-5-11-26-14-22(28)24(30)23(29)21(26)15-27/h1,3-4,7-10,13,21-24,27-30H,2,5-6,11-12,14-16H2/t21-,22-,23+,24?/m0/s1. The number of nitrogens with zero attached hydrogens (tertiary/aromatic N) is 1. The summed E-state index contributed by atoms with van der Waals surface area (Å²) in [6.07, 6.45) is -0.884. The van der Waals surface area contributed by atoms with Crippen molar-refractivity contribution in [2.24, 2.45) is 0 Å². The Morgan fingerprint density at radius 3 is 2.45 bits per heavy atom. The number of ether oxygens (including phenoxy) is 1. The lowest BCUT2D eigenvalue weighted by Gasteiger charge is -2.43. The van der Waals surface area contributed by atoms with Gasteiger partial charge in [0.25, 0.3) is 0 Å². The van der Waals surface area contributed by atoms with Crippen LogP contribution in [0.5, 0.6) is 0 Å². The molecule has 0 aromatic heterocycles. The number of β-amino-alcohol motifs (C(OH)–C–C–N with tert-alkyl or cyclic N) is 1. The summed E-state index contributed by atoms with van der Waals surface area (Å²) in [5.41, 5.74) is 2.21. The fraction of sp³-hybridized carbons (Fsp3) is 0.500. The van der Waals surface area contributed by atoms with Crippen molar-refractivity contribution in [2.75, 3.05) is 26.3 Å². The summed E-state index contributed by atoms with van der Waals surface area (Å²) in [5.74, 6) is -0.262. The minimum absolute atomic E-state index is 0.227. The Kier molecular flexibility index (Phi) is 8.95. The highest BCUT2D eigenvalue weighted by Crippen LogP contribution is 2.24. The van der Waals surface area contributed by atoms with Crippen LogP contribution in [0.4, 0.5) is 4.39 Å². The number of aliphatic hydroxyl groups is 4. The average molecular weight is 434 g/mol. The van der Waals surface area contributed by atoms with Crippen molar-refractivity contribution in [3.8, 4) is 11.1 Å². The summed E-state index contributed by atoms with van der Waals surface area (Å²) in [6, 6.07) is 14.0. The number of aliphatic hydroxyl groups excluding tert-OH is 4. The van der Waals surface area contributed by atoms with Crippen LogP contribution in [-0.4, -0.2) is 76.0 Å². The molecule has 3 rings (SSSR count). The number of benzene rings is 2. The maximum atomic E-state index is 14.4. The molecule has 0 bridgehead atoms. The largest absolute Gasteiger partial charge is 0.395 e. The van der Waals surface area contributed by atoms with E-state index in [0.29, 0.717) is 25.3 Å².